The molecule has 16 heavy (non-hydrogen) atoms. The van der Waals surface area contributed by atoms with Gasteiger partial charge in [-0.3, -0.25) is 5.10 Å². The molecular weight excluding hydrogens is 206 g/mol. The molecule has 2 rings (SSSR count). The second-order valence-corrected chi connectivity index (χ2v) is 3.28. The van der Waals surface area contributed by atoms with Gasteiger partial charge in [0.2, 0.25) is 0 Å². The third-order valence-electron chi connectivity index (χ3n) is 2.39. The molecule has 6 nitrogen and oxygen atoms in total. The minimum Gasteiger partial charge on any atom is -0.472 e. The van der Waals surface area contributed by atoms with Gasteiger partial charge in [-0.15, -0.1) is 0 Å². The van der Waals surface area contributed by atoms with Crippen LogP contribution >= 0.6 is 0 Å². The van der Waals surface area contributed by atoms with Crippen LogP contribution in [-0.4, -0.2) is 10.2 Å². The highest BCUT2D eigenvalue weighted by molar-refractivity contribution is 5.62. The Morgan fingerprint density at radius 2 is 2.50 bits per heavy atom. The first-order chi connectivity index (χ1) is 7.86. The molecule has 0 amide bonds. The highest BCUT2D eigenvalue weighted by Crippen LogP contribution is 2.25. The van der Waals surface area contributed by atoms with Crippen LogP contribution in [0.3, 0.4) is 0 Å². The van der Waals surface area contributed by atoms with Gasteiger partial charge in [-0.25, -0.2) is 0 Å². The van der Waals surface area contributed by atoms with Crippen LogP contribution in [0.15, 0.2) is 28.1 Å². The summed E-state index contributed by atoms with van der Waals surface area (Å²) < 4.78 is 5.01. The predicted octanol–water partition coefficient (Wildman–Crippen LogP) is 3.04. The molecule has 0 aliphatic rings. The van der Waals surface area contributed by atoms with Crippen molar-refractivity contribution in [3.05, 3.63) is 40.3 Å². The number of furan rings is 1. The van der Waals surface area contributed by atoms with Gasteiger partial charge in [-0.2, -0.15) is 5.10 Å². The number of hydrogen-bond acceptors (Lipinski definition) is 3. The topological polar surface area (TPSA) is 90.6 Å². The molecule has 0 saturated heterocycles. The molecule has 0 aliphatic heterocycles. The first-order valence-electron chi connectivity index (χ1n) is 4.96. The van der Waals surface area contributed by atoms with Gasteiger partial charge in [0.25, 0.3) is 0 Å². The average molecular weight is 217 g/mol. The van der Waals surface area contributed by atoms with E-state index in [9.17, 15) is 0 Å². The van der Waals surface area contributed by atoms with Crippen molar-refractivity contribution in [2.45, 2.75) is 19.9 Å². The van der Waals surface area contributed by atoms with Crippen LogP contribution in [-0.2, 0) is 13.0 Å². The molecular formula is C10H11N5O. The summed E-state index contributed by atoms with van der Waals surface area (Å²) in [6.07, 6.45) is 4.03. The Morgan fingerprint density at radius 3 is 3.12 bits per heavy atom. The van der Waals surface area contributed by atoms with Gasteiger partial charge in [-0.1, -0.05) is 12.0 Å². The van der Waals surface area contributed by atoms with E-state index in [0.717, 1.165) is 28.9 Å². The number of aryl methyl sites for hydroxylation is 1. The van der Waals surface area contributed by atoms with Gasteiger partial charge in [0, 0.05) is 21.7 Å². The fourth-order valence-corrected chi connectivity index (χ4v) is 1.60. The van der Waals surface area contributed by atoms with Crippen LogP contribution in [0.25, 0.3) is 21.7 Å². The van der Waals surface area contributed by atoms with Crippen molar-refractivity contribution in [2.24, 2.45) is 5.11 Å². The number of azide groups is 1. The summed E-state index contributed by atoms with van der Waals surface area (Å²) in [7, 11) is 0. The van der Waals surface area contributed by atoms with Crippen molar-refractivity contribution in [3.8, 4) is 11.3 Å². The molecule has 2 heterocycles. The standard InChI is InChI=1S/C10H11N5O/c1-2-9-8(5-12-15-11)10(14-13-9)7-3-4-16-6-7/h3-4,6H,2,5H2,1H3,(H,13,14). The number of nitrogens with zero attached hydrogens (tertiary/aromatic N) is 4. The zero-order valence-corrected chi connectivity index (χ0v) is 8.84. The van der Waals surface area contributed by atoms with Crippen LogP contribution in [0, 0.1) is 0 Å². The maximum atomic E-state index is 8.36. The van der Waals surface area contributed by atoms with E-state index in [0.29, 0.717) is 6.54 Å². The highest BCUT2D eigenvalue weighted by atomic mass is 16.3. The lowest BCUT2D eigenvalue weighted by molar-refractivity contribution is 0.568. The van der Waals surface area contributed by atoms with E-state index in [1.54, 1.807) is 12.5 Å². The number of hydrogen-bond donors (Lipinski definition) is 1. The first kappa shape index (κ1) is 10.3. The lowest BCUT2D eigenvalue weighted by Crippen LogP contribution is -1.89. The van der Waals surface area contributed by atoms with Gasteiger partial charge in [-0.05, 0) is 18.0 Å². The quantitative estimate of drug-likeness (QED) is 0.484. The number of aromatic nitrogens is 2. The number of rotatable bonds is 4. The van der Waals surface area contributed by atoms with Gasteiger partial charge < -0.3 is 4.42 Å². The lowest BCUT2D eigenvalue weighted by Gasteiger charge is -1.98. The summed E-state index contributed by atoms with van der Waals surface area (Å²) >= 11 is 0. The van der Waals surface area contributed by atoms with Gasteiger partial charge in [0.05, 0.1) is 24.8 Å². The molecule has 0 aliphatic carbocycles. The first-order valence-corrected chi connectivity index (χ1v) is 4.96. The van der Waals surface area contributed by atoms with E-state index in [2.05, 4.69) is 20.2 Å². The lowest BCUT2D eigenvalue weighted by atomic mass is 10.1. The molecule has 0 bridgehead atoms. The fourth-order valence-electron chi connectivity index (χ4n) is 1.60. The molecule has 0 aromatic carbocycles. The van der Waals surface area contributed by atoms with Crippen LogP contribution in [0.4, 0.5) is 0 Å². The minimum absolute atomic E-state index is 0.302. The molecule has 2 aromatic rings. The Balaban J connectivity index is 2.45. The molecule has 0 atom stereocenters. The second-order valence-electron chi connectivity index (χ2n) is 3.28. The number of H-pyrrole nitrogens is 1. The summed E-state index contributed by atoms with van der Waals surface area (Å²) in [6.45, 7) is 2.32. The maximum Gasteiger partial charge on any atom is 0.0997 e. The molecule has 2 aromatic heterocycles. The third-order valence-corrected chi connectivity index (χ3v) is 2.39. The normalized spacial score (nSPS) is 10.1. The van der Waals surface area contributed by atoms with Gasteiger partial charge in [0.15, 0.2) is 0 Å². The van der Waals surface area contributed by atoms with E-state index < -0.39 is 0 Å². The summed E-state index contributed by atoms with van der Waals surface area (Å²) in [4.78, 5) is 2.77. The summed E-state index contributed by atoms with van der Waals surface area (Å²) in [5.41, 5.74) is 12.0. The smallest absolute Gasteiger partial charge is 0.0997 e. The van der Waals surface area contributed by atoms with E-state index in [1.165, 1.54) is 0 Å². The van der Waals surface area contributed by atoms with Crippen molar-refractivity contribution < 1.29 is 4.42 Å². The van der Waals surface area contributed by atoms with Crippen LogP contribution in [0.1, 0.15) is 18.2 Å². The van der Waals surface area contributed by atoms with Gasteiger partial charge >= 0.3 is 0 Å². The Bertz CT molecular complexity index is 507. The molecule has 0 unspecified atom stereocenters. The molecule has 82 valence electrons. The van der Waals surface area contributed by atoms with E-state index >= 15 is 0 Å². The van der Waals surface area contributed by atoms with E-state index in [1.807, 2.05) is 13.0 Å². The Hall–Kier alpha value is -2.20. The molecule has 1 N–H and O–H groups in total. The van der Waals surface area contributed by atoms with E-state index in [4.69, 9.17) is 9.95 Å². The molecule has 0 fully saturated rings. The van der Waals surface area contributed by atoms with Crippen molar-refractivity contribution in [1.29, 1.82) is 0 Å². The molecule has 0 saturated carbocycles. The molecule has 0 spiro atoms. The minimum atomic E-state index is 0.302. The summed E-state index contributed by atoms with van der Waals surface area (Å²) in [5, 5.41) is 10.7. The zero-order chi connectivity index (χ0) is 11.4. The highest BCUT2D eigenvalue weighted by Gasteiger charge is 2.13. The second kappa shape index (κ2) is 4.55. The van der Waals surface area contributed by atoms with Crippen LogP contribution < -0.4 is 0 Å². The fraction of sp³-hybridized carbons (Fsp3) is 0.300. The Labute approximate surface area is 91.9 Å². The summed E-state index contributed by atoms with van der Waals surface area (Å²) in [5.74, 6) is 0. The van der Waals surface area contributed by atoms with Crippen LogP contribution in [0.2, 0.25) is 0 Å². The molecule has 0 radical (unpaired) electrons. The zero-order valence-electron chi connectivity index (χ0n) is 8.84. The van der Waals surface area contributed by atoms with E-state index in [-0.39, 0.29) is 0 Å². The number of nitrogens with one attached hydrogen (secondary N) is 1. The third kappa shape index (κ3) is 1.78. The van der Waals surface area contributed by atoms with Crippen molar-refractivity contribution in [1.82, 2.24) is 10.2 Å². The average Bonchev–Trinajstić information content (AvgIpc) is 2.94. The van der Waals surface area contributed by atoms with Gasteiger partial charge in [0.1, 0.15) is 0 Å². The molecule has 6 heteroatoms. The van der Waals surface area contributed by atoms with Crippen molar-refractivity contribution in [3.63, 3.8) is 0 Å². The Kier molecular flexibility index (Phi) is 2.93. The SMILES string of the molecule is CCc1[nH]nc(-c2ccoc2)c1CN=[N+]=[N-]. The maximum absolute atomic E-state index is 8.36. The monoisotopic (exact) mass is 217 g/mol. The number of aromatic amines is 1. The van der Waals surface area contributed by atoms with Crippen molar-refractivity contribution in [2.75, 3.05) is 0 Å². The summed E-state index contributed by atoms with van der Waals surface area (Å²) in [6, 6.07) is 1.83. The van der Waals surface area contributed by atoms with Crippen LogP contribution in [0.5, 0.6) is 0 Å². The Morgan fingerprint density at radius 1 is 1.62 bits per heavy atom. The predicted molar refractivity (Wildman–Crippen MR) is 58.5 cm³/mol. The largest absolute Gasteiger partial charge is 0.472 e. The van der Waals surface area contributed by atoms with Crippen molar-refractivity contribution >= 4 is 0 Å².